The molecule has 2 heterocycles. The molecule has 0 saturated carbocycles. The summed E-state index contributed by atoms with van der Waals surface area (Å²) in [5, 5.41) is 7.57. The Kier molecular flexibility index (Phi) is 4.87. The Hall–Kier alpha value is -4.82. The summed E-state index contributed by atoms with van der Waals surface area (Å²) in [7, 11) is 0. The Morgan fingerprint density at radius 1 is 0.703 bits per heavy atom. The Bertz CT molecular complexity index is 2060. The van der Waals surface area contributed by atoms with Crippen LogP contribution in [0.1, 0.15) is 6.92 Å². The van der Waals surface area contributed by atoms with E-state index in [4.69, 9.17) is 0 Å². The SMILES string of the molecule is C=C/C=C(\C=C/C)n1c2ccc(-c3ccc4[nH]c5ccccc5c4c3)cc2c2c3ccccc3ccc21. The Labute approximate surface area is 215 Å². The molecule has 0 atom stereocenters. The summed E-state index contributed by atoms with van der Waals surface area (Å²) < 4.78 is 2.35. The molecule has 7 rings (SSSR count). The summed E-state index contributed by atoms with van der Waals surface area (Å²) in [5.74, 6) is 0. The highest BCUT2D eigenvalue weighted by Gasteiger charge is 2.16. The van der Waals surface area contributed by atoms with Crippen molar-refractivity contribution in [3.63, 3.8) is 0 Å². The lowest BCUT2D eigenvalue weighted by Gasteiger charge is -2.09. The predicted octanol–water partition coefficient (Wildman–Crippen LogP) is 9.85. The fraction of sp³-hybridized carbons (Fsp3) is 0.0286. The van der Waals surface area contributed by atoms with E-state index in [1.165, 1.54) is 65.5 Å². The van der Waals surface area contributed by atoms with E-state index in [2.05, 4.69) is 138 Å². The standard InChI is InChI=1S/C35H26N2/c1-3-9-26(10-4-2)37-33-19-17-25(22-30(33)35-27-12-6-5-11-23(27)16-20-34(35)37)24-15-18-32-29(21-24)28-13-7-8-14-31(28)36-32/h3-22,36H,1H2,2H3/b10-4-,26-9+. The van der Waals surface area contributed by atoms with Crippen LogP contribution < -0.4 is 0 Å². The normalized spacial score (nSPS) is 12.6. The van der Waals surface area contributed by atoms with Crippen LogP contribution in [-0.4, -0.2) is 9.55 Å². The average Bonchev–Trinajstić information content (AvgIpc) is 3.48. The number of nitrogens with one attached hydrogen (secondary N) is 1. The number of aromatic amines is 1. The molecule has 0 spiro atoms. The largest absolute Gasteiger partial charge is 0.355 e. The quantitative estimate of drug-likeness (QED) is 0.245. The van der Waals surface area contributed by atoms with E-state index in [0.29, 0.717) is 0 Å². The molecule has 0 bridgehead atoms. The van der Waals surface area contributed by atoms with E-state index in [1.54, 1.807) is 0 Å². The zero-order valence-electron chi connectivity index (χ0n) is 20.7. The molecular formula is C35H26N2. The van der Waals surface area contributed by atoms with Crippen LogP contribution in [-0.2, 0) is 0 Å². The fourth-order valence-electron chi connectivity index (χ4n) is 5.77. The van der Waals surface area contributed by atoms with Gasteiger partial charge in [0.15, 0.2) is 0 Å². The third kappa shape index (κ3) is 3.26. The van der Waals surface area contributed by atoms with Gasteiger partial charge in [-0.3, -0.25) is 0 Å². The van der Waals surface area contributed by atoms with Crippen LogP contribution in [0.25, 0.3) is 71.2 Å². The molecule has 0 amide bonds. The first-order chi connectivity index (χ1) is 18.3. The minimum atomic E-state index is 1.10. The molecule has 7 aromatic rings. The van der Waals surface area contributed by atoms with E-state index < -0.39 is 0 Å². The molecule has 0 unspecified atom stereocenters. The summed E-state index contributed by atoms with van der Waals surface area (Å²) in [5.41, 5.74) is 8.26. The van der Waals surface area contributed by atoms with Gasteiger partial charge >= 0.3 is 0 Å². The lowest BCUT2D eigenvalue weighted by atomic mass is 9.99. The molecule has 5 aromatic carbocycles. The number of H-pyrrole nitrogens is 1. The van der Waals surface area contributed by atoms with Crippen molar-refractivity contribution in [3.05, 3.63) is 128 Å². The van der Waals surface area contributed by atoms with Crippen molar-refractivity contribution in [1.29, 1.82) is 0 Å². The number of nitrogens with zero attached hydrogens (tertiary/aromatic N) is 1. The maximum atomic E-state index is 3.97. The molecule has 2 heteroatoms. The molecule has 0 aliphatic carbocycles. The third-order valence-electron chi connectivity index (χ3n) is 7.38. The predicted molar refractivity (Wildman–Crippen MR) is 161 cm³/mol. The second-order valence-corrected chi connectivity index (χ2v) is 9.51. The van der Waals surface area contributed by atoms with Crippen LogP contribution in [0.15, 0.2) is 128 Å². The highest BCUT2D eigenvalue weighted by atomic mass is 15.0. The van der Waals surface area contributed by atoms with Crippen molar-refractivity contribution in [1.82, 2.24) is 9.55 Å². The molecule has 2 aromatic heterocycles. The lowest BCUT2D eigenvalue weighted by molar-refractivity contribution is 1.24. The maximum absolute atomic E-state index is 3.97. The van der Waals surface area contributed by atoms with Gasteiger partial charge in [0.2, 0.25) is 0 Å². The number of fused-ring (bicyclic) bond motifs is 8. The van der Waals surface area contributed by atoms with E-state index in [9.17, 15) is 0 Å². The monoisotopic (exact) mass is 474 g/mol. The van der Waals surface area contributed by atoms with E-state index in [1.807, 2.05) is 6.08 Å². The van der Waals surface area contributed by atoms with Crippen molar-refractivity contribution >= 4 is 60.1 Å². The number of para-hydroxylation sites is 1. The highest BCUT2D eigenvalue weighted by molar-refractivity contribution is 6.22. The third-order valence-corrected chi connectivity index (χ3v) is 7.38. The summed E-state index contributed by atoms with van der Waals surface area (Å²) in [6, 6.07) is 35.3. The van der Waals surface area contributed by atoms with Gasteiger partial charge in [-0.25, -0.2) is 0 Å². The molecule has 2 nitrogen and oxygen atoms in total. The van der Waals surface area contributed by atoms with Crippen LogP contribution in [0.4, 0.5) is 0 Å². The number of aromatic nitrogens is 2. The van der Waals surface area contributed by atoms with Gasteiger partial charge in [0, 0.05) is 38.3 Å². The minimum absolute atomic E-state index is 1.10. The Morgan fingerprint density at radius 3 is 2.24 bits per heavy atom. The molecule has 0 fully saturated rings. The summed E-state index contributed by atoms with van der Waals surface area (Å²) in [4.78, 5) is 3.55. The van der Waals surface area contributed by atoms with E-state index in [0.717, 1.165) is 5.70 Å². The first kappa shape index (κ1) is 21.5. The van der Waals surface area contributed by atoms with Gasteiger partial charge in [0.05, 0.1) is 11.0 Å². The molecule has 0 saturated heterocycles. The van der Waals surface area contributed by atoms with Gasteiger partial charge in [-0.05, 0) is 77.4 Å². The van der Waals surface area contributed by atoms with E-state index in [-0.39, 0.29) is 0 Å². The number of benzene rings is 5. The van der Waals surface area contributed by atoms with Gasteiger partial charge in [-0.1, -0.05) is 79.4 Å². The maximum Gasteiger partial charge on any atom is 0.0547 e. The average molecular weight is 475 g/mol. The smallest absolute Gasteiger partial charge is 0.0547 e. The van der Waals surface area contributed by atoms with Crippen LogP contribution >= 0.6 is 0 Å². The fourth-order valence-corrected chi connectivity index (χ4v) is 5.77. The number of hydrogen-bond acceptors (Lipinski definition) is 0. The zero-order chi connectivity index (χ0) is 24.9. The van der Waals surface area contributed by atoms with Crippen LogP contribution in [0.2, 0.25) is 0 Å². The Morgan fingerprint density at radius 2 is 1.41 bits per heavy atom. The topological polar surface area (TPSA) is 20.7 Å². The van der Waals surface area contributed by atoms with Crippen LogP contribution in [0.5, 0.6) is 0 Å². The minimum Gasteiger partial charge on any atom is -0.355 e. The second kappa shape index (κ2) is 8.39. The van der Waals surface area contributed by atoms with Crippen molar-refractivity contribution in [2.24, 2.45) is 0 Å². The second-order valence-electron chi connectivity index (χ2n) is 9.51. The van der Waals surface area contributed by atoms with Crippen molar-refractivity contribution < 1.29 is 0 Å². The summed E-state index contributed by atoms with van der Waals surface area (Å²) in [6.45, 7) is 6.03. The lowest BCUT2D eigenvalue weighted by Crippen LogP contribution is -1.94. The zero-order valence-corrected chi connectivity index (χ0v) is 20.7. The molecule has 0 radical (unpaired) electrons. The number of allylic oxidation sites excluding steroid dienone is 5. The van der Waals surface area contributed by atoms with Gasteiger partial charge in [-0.2, -0.15) is 0 Å². The van der Waals surface area contributed by atoms with Crippen molar-refractivity contribution in [2.75, 3.05) is 0 Å². The van der Waals surface area contributed by atoms with Crippen LogP contribution in [0.3, 0.4) is 0 Å². The van der Waals surface area contributed by atoms with Gasteiger partial charge in [0.25, 0.3) is 0 Å². The number of rotatable bonds is 4. The Balaban J connectivity index is 1.55. The molecule has 176 valence electrons. The summed E-state index contributed by atoms with van der Waals surface area (Å²) in [6.07, 6.45) is 8.17. The van der Waals surface area contributed by atoms with E-state index >= 15 is 0 Å². The molecule has 37 heavy (non-hydrogen) atoms. The molecule has 1 N–H and O–H groups in total. The molecule has 0 aliphatic rings. The number of hydrogen-bond donors (Lipinski definition) is 1. The molecule has 0 aliphatic heterocycles. The van der Waals surface area contributed by atoms with Gasteiger partial charge in [-0.15, -0.1) is 0 Å². The van der Waals surface area contributed by atoms with Crippen molar-refractivity contribution in [2.45, 2.75) is 6.92 Å². The van der Waals surface area contributed by atoms with Crippen molar-refractivity contribution in [3.8, 4) is 11.1 Å². The van der Waals surface area contributed by atoms with Crippen LogP contribution in [0, 0.1) is 0 Å². The van der Waals surface area contributed by atoms with Gasteiger partial charge in [0.1, 0.15) is 0 Å². The molecular weight excluding hydrogens is 448 g/mol. The highest BCUT2D eigenvalue weighted by Crippen LogP contribution is 2.39. The first-order valence-electron chi connectivity index (χ1n) is 12.7. The first-order valence-corrected chi connectivity index (χ1v) is 12.7. The summed E-state index contributed by atoms with van der Waals surface area (Å²) >= 11 is 0. The van der Waals surface area contributed by atoms with Gasteiger partial charge < -0.3 is 9.55 Å².